The first kappa shape index (κ1) is 11.8. The van der Waals surface area contributed by atoms with Crippen molar-refractivity contribution in [3.8, 4) is 0 Å². The molecule has 0 aromatic carbocycles. The van der Waals surface area contributed by atoms with E-state index < -0.39 is 0 Å². The maximum absolute atomic E-state index is 11.7. The van der Waals surface area contributed by atoms with Crippen LogP contribution in [0.4, 0.5) is 0 Å². The van der Waals surface area contributed by atoms with E-state index in [-0.39, 0.29) is 24.2 Å². The van der Waals surface area contributed by atoms with Gasteiger partial charge < -0.3 is 20.5 Å². The predicted molar refractivity (Wildman–Crippen MR) is 58.9 cm³/mol. The number of ether oxygens (including phenoxy) is 1. The van der Waals surface area contributed by atoms with Gasteiger partial charge in [-0.05, 0) is 19.8 Å². The van der Waals surface area contributed by atoms with Gasteiger partial charge in [-0.3, -0.25) is 4.79 Å². The summed E-state index contributed by atoms with van der Waals surface area (Å²) >= 11 is 0. The molecule has 5 nitrogen and oxygen atoms in total. The molecule has 1 amide bonds. The fourth-order valence-electron chi connectivity index (χ4n) is 2.32. The summed E-state index contributed by atoms with van der Waals surface area (Å²) in [5.41, 5.74) is 0. The molecule has 92 valence electrons. The molecule has 16 heavy (non-hydrogen) atoms. The van der Waals surface area contributed by atoms with Gasteiger partial charge in [-0.2, -0.15) is 0 Å². The molecular weight excluding hydrogens is 208 g/mol. The van der Waals surface area contributed by atoms with Crippen molar-refractivity contribution in [1.29, 1.82) is 0 Å². The largest absolute Gasteiger partial charge is 0.392 e. The lowest BCUT2D eigenvalue weighted by Gasteiger charge is -2.16. The smallest absolute Gasteiger partial charge is 0.237 e. The topological polar surface area (TPSA) is 70.6 Å². The number of amides is 1. The molecule has 4 unspecified atom stereocenters. The average Bonchev–Trinajstić information content (AvgIpc) is 2.84. The summed E-state index contributed by atoms with van der Waals surface area (Å²) < 4.78 is 5.43. The van der Waals surface area contributed by atoms with Crippen molar-refractivity contribution >= 4 is 5.91 Å². The van der Waals surface area contributed by atoms with Crippen molar-refractivity contribution in [3.63, 3.8) is 0 Å². The minimum absolute atomic E-state index is 0.00403. The van der Waals surface area contributed by atoms with E-state index in [1.165, 1.54) is 0 Å². The fourth-order valence-corrected chi connectivity index (χ4v) is 2.32. The summed E-state index contributed by atoms with van der Waals surface area (Å²) in [6.07, 6.45) is 1.39. The third-order valence-electron chi connectivity index (χ3n) is 3.50. The summed E-state index contributed by atoms with van der Waals surface area (Å²) in [5.74, 6) is 0.422. The van der Waals surface area contributed by atoms with Gasteiger partial charge >= 0.3 is 0 Å². The molecule has 0 aliphatic carbocycles. The Morgan fingerprint density at radius 3 is 3.00 bits per heavy atom. The van der Waals surface area contributed by atoms with Crippen molar-refractivity contribution < 1.29 is 14.6 Å². The van der Waals surface area contributed by atoms with Gasteiger partial charge in [0, 0.05) is 25.6 Å². The zero-order valence-electron chi connectivity index (χ0n) is 9.61. The van der Waals surface area contributed by atoms with Crippen LogP contribution in [-0.2, 0) is 9.53 Å². The van der Waals surface area contributed by atoms with Gasteiger partial charge in [0.2, 0.25) is 5.91 Å². The third-order valence-corrected chi connectivity index (χ3v) is 3.50. The second kappa shape index (κ2) is 5.12. The van der Waals surface area contributed by atoms with E-state index in [2.05, 4.69) is 10.6 Å². The number of hydrogen-bond acceptors (Lipinski definition) is 4. The summed E-state index contributed by atoms with van der Waals surface area (Å²) in [4.78, 5) is 11.7. The van der Waals surface area contributed by atoms with Crippen LogP contribution >= 0.6 is 0 Å². The molecule has 0 radical (unpaired) electrons. The van der Waals surface area contributed by atoms with Crippen molar-refractivity contribution in [3.05, 3.63) is 0 Å². The Morgan fingerprint density at radius 1 is 1.62 bits per heavy atom. The van der Waals surface area contributed by atoms with Crippen LogP contribution in [0.5, 0.6) is 0 Å². The highest BCUT2D eigenvalue weighted by atomic mass is 16.5. The van der Waals surface area contributed by atoms with Crippen LogP contribution in [0.15, 0.2) is 0 Å². The van der Waals surface area contributed by atoms with Gasteiger partial charge in [0.05, 0.1) is 18.2 Å². The first-order chi connectivity index (χ1) is 7.66. The Labute approximate surface area is 95.5 Å². The minimum atomic E-state index is -0.385. The highest BCUT2D eigenvalue weighted by Crippen LogP contribution is 2.19. The summed E-state index contributed by atoms with van der Waals surface area (Å²) in [5, 5.41) is 15.2. The Morgan fingerprint density at radius 2 is 2.44 bits per heavy atom. The van der Waals surface area contributed by atoms with Crippen LogP contribution in [0.25, 0.3) is 0 Å². The van der Waals surface area contributed by atoms with Crippen molar-refractivity contribution in [2.24, 2.45) is 5.92 Å². The third kappa shape index (κ3) is 2.72. The SMILES string of the molecule is CC1OCCC1CNC(=O)C1CC(O)CN1. The van der Waals surface area contributed by atoms with Gasteiger partial charge in [0.1, 0.15) is 0 Å². The Kier molecular flexibility index (Phi) is 3.78. The number of carbonyl (C=O) groups excluding carboxylic acids is 1. The molecule has 0 aromatic heterocycles. The number of nitrogens with one attached hydrogen (secondary N) is 2. The molecule has 0 aromatic rings. The molecule has 3 N–H and O–H groups in total. The maximum Gasteiger partial charge on any atom is 0.237 e. The molecule has 0 spiro atoms. The molecule has 0 saturated carbocycles. The van der Waals surface area contributed by atoms with E-state index in [0.717, 1.165) is 13.0 Å². The lowest BCUT2D eigenvalue weighted by atomic mass is 10.0. The second-order valence-corrected chi connectivity index (χ2v) is 4.72. The maximum atomic E-state index is 11.7. The molecule has 2 saturated heterocycles. The highest BCUT2D eigenvalue weighted by molar-refractivity contribution is 5.82. The zero-order valence-corrected chi connectivity index (χ0v) is 9.61. The molecule has 2 rings (SSSR count). The first-order valence-electron chi connectivity index (χ1n) is 5.97. The molecule has 2 heterocycles. The zero-order chi connectivity index (χ0) is 11.5. The summed E-state index contributed by atoms with van der Waals surface area (Å²) in [6, 6.07) is -0.229. The normalized spacial score (nSPS) is 38.9. The second-order valence-electron chi connectivity index (χ2n) is 4.72. The van der Waals surface area contributed by atoms with E-state index in [0.29, 0.717) is 25.4 Å². The van der Waals surface area contributed by atoms with E-state index in [4.69, 9.17) is 4.74 Å². The molecule has 5 heteroatoms. The van der Waals surface area contributed by atoms with Crippen LogP contribution < -0.4 is 10.6 Å². The van der Waals surface area contributed by atoms with E-state index >= 15 is 0 Å². The van der Waals surface area contributed by atoms with Gasteiger partial charge in [-0.15, -0.1) is 0 Å². The number of rotatable bonds is 3. The van der Waals surface area contributed by atoms with E-state index in [1.54, 1.807) is 0 Å². The van der Waals surface area contributed by atoms with E-state index in [9.17, 15) is 9.90 Å². The Bertz CT molecular complexity index is 260. The lowest BCUT2D eigenvalue weighted by Crippen LogP contribution is -2.42. The number of aliphatic hydroxyl groups excluding tert-OH is 1. The summed E-state index contributed by atoms with van der Waals surface area (Å²) in [6.45, 7) is 4.03. The van der Waals surface area contributed by atoms with Crippen molar-refractivity contribution in [2.75, 3.05) is 19.7 Å². The summed E-state index contributed by atoms with van der Waals surface area (Å²) in [7, 11) is 0. The fraction of sp³-hybridized carbons (Fsp3) is 0.909. The van der Waals surface area contributed by atoms with Crippen LogP contribution in [0.1, 0.15) is 19.8 Å². The van der Waals surface area contributed by atoms with E-state index in [1.807, 2.05) is 6.92 Å². The van der Waals surface area contributed by atoms with Crippen LogP contribution in [0.2, 0.25) is 0 Å². The molecule has 0 bridgehead atoms. The molecule has 2 fully saturated rings. The molecule has 2 aliphatic rings. The van der Waals surface area contributed by atoms with Gasteiger partial charge in [-0.1, -0.05) is 0 Å². The molecular formula is C11H20N2O3. The van der Waals surface area contributed by atoms with Crippen LogP contribution in [-0.4, -0.2) is 49.0 Å². The van der Waals surface area contributed by atoms with Gasteiger partial charge in [0.25, 0.3) is 0 Å². The lowest BCUT2D eigenvalue weighted by molar-refractivity contribution is -0.123. The monoisotopic (exact) mass is 228 g/mol. The van der Waals surface area contributed by atoms with Crippen molar-refractivity contribution in [1.82, 2.24) is 10.6 Å². The molecule has 2 aliphatic heterocycles. The van der Waals surface area contributed by atoms with Crippen molar-refractivity contribution in [2.45, 2.75) is 38.0 Å². The predicted octanol–water partition coefficient (Wildman–Crippen LogP) is -0.750. The highest BCUT2D eigenvalue weighted by Gasteiger charge is 2.29. The number of carbonyl (C=O) groups is 1. The number of β-amino-alcohol motifs (C(OH)–C–C–N with tert-alkyl or cyclic N) is 1. The Hall–Kier alpha value is -0.650. The minimum Gasteiger partial charge on any atom is -0.392 e. The Balaban J connectivity index is 1.71. The first-order valence-corrected chi connectivity index (χ1v) is 5.97. The molecule has 4 atom stereocenters. The van der Waals surface area contributed by atoms with Crippen LogP contribution in [0, 0.1) is 5.92 Å². The van der Waals surface area contributed by atoms with Crippen LogP contribution in [0.3, 0.4) is 0 Å². The standard InChI is InChI=1S/C11H20N2O3/c1-7-8(2-3-16-7)5-13-11(15)10-4-9(14)6-12-10/h7-10,12,14H,2-6H2,1H3,(H,13,15). The number of aliphatic hydroxyl groups is 1. The van der Waals surface area contributed by atoms with Gasteiger partial charge in [0.15, 0.2) is 0 Å². The van der Waals surface area contributed by atoms with Gasteiger partial charge in [-0.25, -0.2) is 0 Å². The number of hydrogen-bond donors (Lipinski definition) is 3. The average molecular weight is 228 g/mol. The quantitative estimate of drug-likeness (QED) is 0.594.